The third-order valence-electron chi connectivity index (χ3n) is 4.34. The van der Waals surface area contributed by atoms with E-state index in [4.69, 9.17) is 4.74 Å². The molecule has 0 saturated carbocycles. The van der Waals surface area contributed by atoms with Crippen LogP contribution < -0.4 is 10.0 Å². The summed E-state index contributed by atoms with van der Waals surface area (Å²) in [5.41, 5.74) is 1.36. The fourth-order valence-electron chi connectivity index (χ4n) is 2.94. The highest BCUT2D eigenvalue weighted by molar-refractivity contribution is 7.92. The molecule has 0 spiro atoms. The van der Waals surface area contributed by atoms with Crippen LogP contribution in [0.4, 0.5) is 5.69 Å². The molecule has 2 rings (SSSR count). The Labute approximate surface area is 184 Å². The Balaban J connectivity index is 1.87. The molecule has 170 valence electrons. The Kier molecular flexibility index (Phi) is 9.17. The molecule has 0 aromatic heterocycles. The molecule has 1 atom stereocenters. The molecule has 0 aliphatic rings. The third-order valence-corrected chi connectivity index (χ3v) is 7.55. The lowest BCUT2D eigenvalue weighted by molar-refractivity contribution is -0.113. The van der Waals surface area contributed by atoms with Gasteiger partial charge in [-0.15, -0.1) is 0 Å². The summed E-state index contributed by atoms with van der Waals surface area (Å²) in [6.45, 7) is 1.91. The predicted octanol–water partition coefficient (Wildman–Crippen LogP) is 1.99. The number of hydrogen-bond acceptors (Lipinski definition) is 6. The molecule has 0 aliphatic heterocycles. The van der Waals surface area contributed by atoms with Gasteiger partial charge in [-0.3, -0.25) is 4.79 Å². The van der Waals surface area contributed by atoms with E-state index in [1.165, 1.54) is 31.4 Å². The Hall–Kier alpha value is -2.27. The van der Waals surface area contributed by atoms with Crippen molar-refractivity contribution in [2.75, 3.05) is 30.5 Å². The first-order valence-corrected chi connectivity index (χ1v) is 13.1. The number of carbonyl (C=O) groups excluding carboxylic acids is 1. The smallest absolute Gasteiger partial charge is 0.240 e. The zero-order valence-electron chi connectivity index (χ0n) is 17.6. The van der Waals surface area contributed by atoms with E-state index >= 15 is 0 Å². The number of amides is 1. The largest absolute Gasteiger partial charge is 0.383 e. The van der Waals surface area contributed by atoms with Crippen LogP contribution >= 0.6 is 0 Å². The minimum Gasteiger partial charge on any atom is -0.383 e. The van der Waals surface area contributed by atoms with Gasteiger partial charge in [0.1, 0.15) is 5.75 Å². The van der Waals surface area contributed by atoms with Crippen molar-refractivity contribution in [1.82, 2.24) is 4.72 Å². The second-order valence-corrected chi connectivity index (χ2v) is 11.1. The van der Waals surface area contributed by atoms with Crippen LogP contribution in [-0.4, -0.2) is 54.0 Å². The monoisotopic (exact) mass is 468 g/mol. The van der Waals surface area contributed by atoms with E-state index in [9.17, 15) is 21.6 Å². The lowest BCUT2D eigenvalue weighted by Crippen LogP contribution is -2.35. The number of anilines is 1. The maximum absolute atomic E-state index is 12.3. The van der Waals surface area contributed by atoms with Crippen molar-refractivity contribution in [1.29, 1.82) is 0 Å². The predicted molar refractivity (Wildman–Crippen MR) is 120 cm³/mol. The zero-order valence-corrected chi connectivity index (χ0v) is 19.2. The molecule has 10 heteroatoms. The molecule has 1 amide bonds. The molecule has 0 bridgehead atoms. The minimum absolute atomic E-state index is 0.0296. The number of methoxy groups -OCH3 is 1. The van der Waals surface area contributed by atoms with E-state index in [1.807, 2.05) is 30.3 Å². The molecule has 0 radical (unpaired) electrons. The number of benzene rings is 2. The maximum Gasteiger partial charge on any atom is 0.240 e. The van der Waals surface area contributed by atoms with Gasteiger partial charge in [0.05, 0.1) is 17.3 Å². The van der Waals surface area contributed by atoms with Gasteiger partial charge in [0.15, 0.2) is 9.84 Å². The first kappa shape index (κ1) is 25.0. The number of aryl methyl sites for hydroxylation is 1. The fraction of sp³-hybridized carbons (Fsp3) is 0.381. The van der Waals surface area contributed by atoms with Crippen molar-refractivity contribution in [3.63, 3.8) is 0 Å². The average molecular weight is 469 g/mol. The van der Waals surface area contributed by atoms with Crippen molar-refractivity contribution >= 4 is 31.5 Å². The van der Waals surface area contributed by atoms with Gasteiger partial charge >= 0.3 is 0 Å². The summed E-state index contributed by atoms with van der Waals surface area (Å²) >= 11 is 0. The Morgan fingerprint density at radius 1 is 1.00 bits per heavy atom. The molecule has 1 unspecified atom stereocenters. The van der Waals surface area contributed by atoms with Gasteiger partial charge < -0.3 is 10.1 Å². The fourth-order valence-corrected chi connectivity index (χ4v) is 5.37. The van der Waals surface area contributed by atoms with Crippen LogP contribution in [0.25, 0.3) is 0 Å². The maximum atomic E-state index is 12.3. The van der Waals surface area contributed by atoms with Crippen LogP contribution in [-0.2, 0) is 35.8 Å². The standard InChI is InChI=1S/C21H28N2O6S2/c1-17(15-29-2)23-31(27,28)20-12-10-19(11-13-20)22-21(24)16-30(25,26)14-6-9-18-7-4-3-5-8-18/h3-5,7-8,10-13,17,23H,6,9,14-16H2,1-2H3,(H,22,24). The lowest BCUT2D eigenvalue weighted by Gasteiger charge is -2.13. The van der Waals surface area contributed by atoms with Crippen molar-refractivity contribution in [3.8, 4) is 0 Å². The summed E-state index contributed by atoms with van der Waals surface area (Å²) in [5.74, 6) is -1.38. The second-order valence-electron chi connectivity index (χ2n) is 7.23. The molecule has 0 heterocycles. The highest BCUT2D eigenvalue weighted by Crippen LogP contribution is 2.15. The minimum atomic E-state index is -3.73. The summed E-state index contributed by atoms with van der Waals surface area (Å²) in [6, 6.07) is 14.6. The number of sulfonamides is 1. The van der Waals surface area contributed by atoms with Crippen LogP contribution in [0.2, 0.25) is 0 Å². The lowest BCUT2D eigenvalue weighted by atomic mass is 10.1. The highest BCUT2D eigenvalue weighted by atomic mass is 32.2. The van der Waals surface area contributed by atoms with E-state index in [1.54, 1.807) is 6.92 Å². The summed E-state index contributed by atoms with van der Waals surface area (Å²) in [4.78, 5) is 12.2. The molecule has 8 nitrogen and oxygen atoms in total. The van der Waals surface area contributed by atoms with Crippen LogP contribution in [0, 0.1) is 0 Å². The average Bonchev–Trinajstić information content (AvgIpc) is 2.68. The van der Waals surface area contributed by atoms with Gasteiger partial charge in [0.2, 0.25) is 15.9 Å². The molecule has 0 aliphatic carbocycles. The summed E-state index contributed by atoms with van der Waals surface area (Å²) in [7, 11) is -5.80. The van der Waals surface area contributed by atoms with E-state index in [-0.39, 0.29) is 17.3 Å². The second kappa shape index (κ2) is 11.4. The van der Waals surface area contributed by atoms with Crippen molar-refractivity contribution < 1.29 is 26.4 Å². The normalized spacial score (nSPS) is 13.0. The summed E-state index contributed by atoms with van der Waals surface area (Å²) < 4.78 is 56.4. The van der Waals surface area contributed by atoms with Gasteiger partial charge in [-0.2, -0.15) is 0 Å². The van der Waals surface area contributed by atoms with Gasteiger partial charge in [-0.05, 0) is 49.6 Å². The van der Waals surface area contributed by atoms with Gasteiger partial charge in [0, 0.05) is 18.8 Å². The Bertz CT molecular complexity index is 1050. The van der Waals surface area contributed by atoms with Crippen LogP contribution in [0.5, 0.6) is 0 Å². The highest BCUT2D eigenvalue weighted by Gasteiger charge is 2.19. The first-order chi connectivity index (χ1) is 14.6. The molecule has 2 N–H and O–H groups in total. The molecular weight excluding hydrogens is 440 g/mol. The molecule has 0 fully saturated rings. The van der Waals surface area contributed by atoms with Crippen molar-refractivity contribution in [3.05, 3.63) is 60.2 Å². The molecule has 0 saturated heterocycles. The Morgan fingerprint density at radius 3 is 2.26 bits per heavy atom. The topological polar surface area (TPSA) is 119 Å². The number of sulfone groups is 1. The van der Waals surface area contributed by atoms with Crippen molar-refractivity contribution in [2.24, 2.45) is 0 Å². The number of hydrogen-bond donors (Lipinski definition) is 2. The van der Waals surface area contributed by atoms with E-state index in [2.05, 4.69) is 10.0 Å². The van der Waals surface area contributed by atoms with Gasteiger partial charge in [-0.25, -0.2) is 21.6 Å². The van der Waals surface area contributed by atoms with Crippen LogP contribution in [0.3, 0.4) is 0 Å². The first-order valence-electron chi connectivity index (χ1n) is 9.77. The van der Waals surface area contributed by atoms with Gasteiger partial charge in [-0.1, -0.05) is 30.3 Å². The van der Waals surface area contributed by atoms with Crippen LogP contribution in [0.15, 0.2) is 59.5 Å². The number of ether oxygens (including phenoxy) is 1. The molecule has 31 heavy (non-hydrogen) atoms. The molecular formula is C21H28N2O6S2. The summed E-state index contributed by atoms with van der Waals surface area (Å²) in [6.07, 6.45) is 1.05. The van der Waals surface area contributed by atoms with E-state index in [0.29, 0.717) is 18.5 Å². The number of nitrogens with one attached hydrogen (secondary N) is 2. The number of rotatable bonds is 12. The summed E-state index contributed by atoms with van der Waals surface area (Å²) in [5, 5.41) is 2.49. The van der Waals surface area contributed by atoms with Crippen LogP contribution in [0.1, 0.15) is 18.9 Å². The van der Waals surface area contributed by atoms with Gasteiger partial charge in [0.25, 0.3) is 0 Å². The SMILES string of the molecule is COCC(C)NS(=O)(=O)c1ccc(NC(=O)CS(=O)(=O)CCCc2ccccc2)cc1. The van der Waals surface area contributed by atoms with E-state index < -0.39 is 37.6 Å². The molecule has 2 aromatic rings. The quantitative estimate of drug-likeness (QED) is 0.492. The Morgan fingerprint density at radius 2 is 1.65 bits per heavy atom. The number of carbonyl (C=O) groups is 1. The molecule has 2 aromatic carbocycles. The van der Waals surface area contributed by atoms with Crippen molar-refractivity contribution in [2.45, 2.75) is 30.7 Å². The zero-order chi connectivity index (χ0) is 22.9. The van der Waals surface area contributed by atoms with E-state index in [0.717, 1.165) is 5.56 Å². The third kappa shape index (κ3) is 8.78.